The van der Waals surface area contributed by atoms with Crippen LogP contribution in [0.4, 0.5) is 0 Å². The highest BCUT2D eigenvalue weighted by Crippen LogP contribution is 2.24. The maximum atomic E-state index is 12.0. The molecule has 0 radical (unpaired) electrons. The van der Waals surface area contributed by atoms with Gasteiger partial charge in [-0.15, -0.1) is 0 Å². The van der Waals surface area contributed by atoms with Crippen LogP contribution >= 0.6 is 0 Å². The second-order valence-corrected chi connectivity index (χ2v) is 6.86. The summed E-state index contributed by atoms with van der Waals surface area (Å²) in [4.78, 5) is 0. The van der Waals surface area contributed by atoms with Crippen LogP contribution in [-0.2, 0) is 10.2 Å². The second kappa shape index (κ2) is 6.68. The third-order valence-electron chi connectivity index (χ3n) is 3.34. The summed E-state index contributed by atoms with van der Waals surface area (Å²) in [6, 6.07) is 0.101. The molecule has 0 saturated heterocycles. The first-order valence-electron chi connectivity index (χ1n) is 6.39. The Balaban J connectivity index is 2.47. The van der Waals surface area contributed by atoms with E-state index in [0.29, 0.717) is 25.4 Å². The van der Waals surface area contributed by atoms with Gasteiger partial charge in [-0.1, -0.05) is 19.8 Å². The Hall–Kier alpha value is -0.170. The van der Waals surface area contributed by atoms with E-state index in [0.717, 1.165) is 19.3 Å². The molecule has 1 rings (SSSR count). The molecule has 6 heteroatoms. The average molecular weight is 263 g/mol. The zero-order chi connectivity index (χ0) is 12.9. The molecular formula is C11H25N3O2S. The quantitative estimate of drug-likeness (QED) is 0.740. The van der Waals surface area contributed by atoms with Gasteiger partial charge in [-0.2, -0.15) is 17.4 Å². The van der Waals surface area contributed by atoms with Crippen molar-refractivity contribution in [1.82, 2.24) is 9.03 Å². The van der Waals surface area contributed by atoms with Crippen LogP contribution in [0.25, 0.3) is 0 Å². The third-order valence-corrected chi connectivity index (χ3v) is 4.97. The van der Waals surface area contributed by atoms with E-state index in [1.165, 1.54) is 10.7 Å². The summed E-state index contributed by atoms with van der Waals surface area (Å²) >= 11 is 0. The Kier molecular flexibility index (Phi) is 5.85. The number of rotatable bonds is 6. The second-order valence-electron chi connectivity index (χ2n) is 5.06. The molecule has 1 aliphatic carbocycles. The first-order valence-corrected chi connectivity index (χ1v) is 7.83. The van der Waals surface area contributed by atoms with E-state index in [-0.39, 0.29) is 6.04 Å². The van der Waals surface area contributed by atoms with Gasteiger partial charge in [0.15, 0.2) is 0 Å². The van der Waals surface area contributed by atoms with Crippen LogP contribution < -0.4 is 10.5 Å². The molecule has 1 fully saturated rings. The fourth-order valence-corrected chi connectivity index (χ4v) is 3.46. The monoisotopic (exact) mass is 263 g/mol. The van der Waals surface area contributed by atoms with E-state index in [1.54, 1.807) is 7.05 Å². The molecule has 1 saturated carbocycles. The lowest BCUT2D eigenvalue weighted by molar-refractivity contribution is 0.321. The van der Waals surface area contributed by atoms with Gasteiger partial charge in [-0.3, -0.25) is 0 Å². The molecule has 1 aliphatic rings. The van der Waals surface area contributed by atoms with Gasteiger partial charge in [0.1, 0.15) is 0 Å². The molecule has 0 aromatic carbocycles. The number of nitrogens with zero attached hydrogens (tertiary/aromatic N) is 1. The molecule has 0 aromatic heterocycles. The van der Waals surface area contributed by atoms with E-state index in [2.05, 4.69) is 11.6 Å². The van der Waals surface area contributed by atoms with Gasteiger partial charge in [-0.25, -0.2) is 0 Å². The SMILES string of the molecule is CC1CCCC(NS(=O)(=O)N(C)CCCN)C1. The highest BCUT2D eigenvalue weighted by Gasteiger charge is 2.25. The topological polar surface area (TPSA) is 75.4 Å². The lowest BCUT2D eigenvalue weighted by Crippen LogP contribution is -2.45. The van der Waals surface area contributed by atoms with E-state index >= 15 is 0 Å². The third kappa shape index (κ3) is 4.91. The zero-order valence-corrected chi connectivity index (χ0v) is 11.7. The van der Waals surface area contributed by atoms with Gasteiger partial charge in [0.2, 0.25) is 0 Å². The van der Waals surface area contributed by atoms with E-state index in [4.69, 9.17) is 5.73 Å². The van der Waals surface area contributed by atoms with Gasteiger partial charge in [-0.05, 0) is 31.7 Å². The smallest absolute Gasteiger partial charge is 0.279 e. The van der Waals surface area contributed by atoms with Crippen LogP contribution in [0.15, 0.2) is 0 Å². The van der Waals surface area contributed by atoms with E-state index < -0.39 is 10.2 Å². The normalized spacial score (nSPS) is 26.4. The van der Waals surface area contributed by atoms with Crippen molar-refractivity contribution >= 4 is 10.2 Å². The maximum Gasteiger partial charge on any atom is 0.279 e. The highest BCUT2D eigenvalue weighted by atomic mass is 32.2. The maximum absolute atomic E-state index is 12.0. The summed E-state index contributed by atoms with van der Waals surface area (Å²) in [6.45, 7) is 3.17. The lowest BCUT2D eigenvalue weighted by atomic mass is 9.88. The van der Waals surface area contributed by atoms with Gasteiger partial charge >= 0.3 is 0 Å². The van der Waals surface area contributed by atoms with Crippen LogP contribution in [0, 0.1) is 5.92 Å². The molecule has 5 nitrogen and oxygen atoms in total. The predicted octanol–water partition coefficient (Wildman–Crippen LogP) is 0.680. The minimum atomic E-state index is -3.33. The minimum Gasteiger partial charge on any atom is -0.330 e. The molecule has 0 amide bonds. The van der Waals surface area contributed by atoms with E-state index in [1.807, 2.05) is 0 Å². The molecular weight excluding hydrogens is 238 g/mol. The number of hydrogen-bond acceptors (Lipinski definition) is 3. The van der Waals surface area contributed by atoms with Gasteiger partial charge < -0.3 is 5.73 Å². The van der Waals surface area contributed by atoms with Crippen LogP contribution in [0.5, 0.6) is 0 Å². The molecule has 102 valence electrons. The molecule has 0 bridgehead atoms. The van der Waals surface area contributed by atoms with Crippen molar-refractivity contribution < 1.29 is 8.42 Å². The summed E-state index contributed by atoms with van der Waals surface area (Å²) in [7, 11) is -1.73. The summed E-state index contributed by atoms with van der Waals surface area (Å²) in [6.07, 6.45) is 4.92. The Labute approximate surface area is 105 Å². The van der Waals surface area contributed by atoms with Gasteiger partial charge in [0.05, 0.1) is 0 Å². The molecule has 0 aromatic rings. The van der Waals surface area contributed by atoms with Crippen LogP contribution in [-0.4, -0.2) is 38.9 Å². The van der Waals surface area contributed by atoms with Crippen molar-refractivity contribution in [3.8, 4) is 0 Å². The lowest BCUT2D eigenvalue weighted by Gasteiger charge is -2.29. The van der Waals surface area contributed by atoms with Crippen molar-refractivity contribution in [2.24, 2.45) is 11.7 Å². The molecule has 0 spiro atoms. The summed E-state index contributed by atoms with van der Waals surface area (Å²) in [5.74, 6) is 0.616. The first kappa shape index (κ1) is 14.9. The summed E-state index contributed by atoms with van der Waals surface area (Å²) < 4.78 is 28.1. The largest absolute Gasteiger partial charge is 0.330 e. The average Bonchev–Trinajstić information content (AvgIpc) is 2.25. The number of hydrogen-bond donors (Lipinski definition) is 2. The minimum absolute atomic E-state index is 0.101. The standard InChI is InChI=1S/C11H25N3O2S/c1-10-5-3-6-11(9-10)13-17(15,16)14(2)8-4-7-12/h10-11,13H,3-9,12H2,1-2H3. The predicted molar refractivity (Wildman–Crippen MR) is 69.8 cm³/mol. The van der Waals surface area contributed by atoms with Crippen LogP contribution in [0.1, 0.15) is 39.0 Å². The number of nitrogens with one attached hydrogen (secondary N) is 1. The Morgan fingerprint density at radius 2 is 2.12 bits per heavy atom. The van der Waals surface area contributed by atoms with Crippen molar-refractivity contribution in [3.05, 3.63) is 0 Å². The number of nitrogens with two attached hydrogens (primary N) is 1. The van der Waals surface area contributed by atoms with Crippen molar-refractivity contribution in [2.75, 3.05) is 20.1 Å². The molecule has 2 atom stereocenters. The summed E-state index contributed by atoms with van der Waals surface area (Å²) in [5.41, 5.74) is 5.38. The fraction of sp³-hybridized carbons (Fsp3) is 1.00. The van der Waals surface area contributed by atoms with Crippen molar-refractivity contribution in [1.29, 1.82) is 0 Å². The zero-order valence-electron chi connectivity index (χ0n) is 10.9. The van der Waals surface area contributed by atoms with Gasteiger partial charge in [0.25, 0.3) is 10.2 Å². The first-order chi connectivity index (χ1) is 7.95. The molecule has 17 heavy (non-hydrogen) atoms. The molecule has 0 aliphatic heterocycles. The van der Waals surface area contributed by atoms with Crippen LogP contribution in [0.2, 0.25) is 0 Å². The molecule has 0 heterocycles. The Morgan fingerprint density at radius 3 is 2.71 bits per heavy atom. The van der Waals surface area contributed by atoms with E-state index in [9.17, 15) is 8.42 Å². The fourth-order valence-electron chi connectivity index (χ4n) is 2.28. The Morgan fingerprint density at radius 1 is 1.41 bits per heavy atom. The molecule has 3 N–H and O–H groups in total. The molecule has 2 unspecified atom stereocenters. The Bertz CT molecular complexity index is 319. The van der Waals surface area contributed by atoms with Crippen molar-refractivity contribution in [2.45, 2.75) is 45.1 Å². The van der Waals surface area contributed by atoms with Gasteiger partial charge in [0, 0.05) is 19.6 Å². The van der Waals surface area contributed by atoms with Crippen molar-refractivity contribution in [3.63, 3.8) is 0 Å². The van der Waals surface area contributed by atoms with Crippen LogP contribution in [0.3, 0.4) is 0 Å². The highest BCUT2D eigenvalue weighted by molar-refractivity contribution is 7.87. The summed E-state index contributed by atoms with van der Waals surface area (Å²) in [5, 5.41) is 0.